The third-order valence-electron chi connectivity index (χ3n) is 3.87. The van der Waals surface area contributed by atoms with Gasteiger partial charge in [-0.3, -0.25) is 4.79 Å². The van der Waals surface area contributed by atoms with Gasteiger partial charge in [0.2, 0.25) is 0 Å². The Labute approximate surface area is 155 Å². The molecule has 0 bridgehead atoms. The van der Waals surface area contributed by atoms with Crippen molar-refractivity contribution in [1.82, 2.24) is 0 Å². The molecule has 2 rings (SSSR count). The number of hydrogen-bond donors (Lipinski definition) is 2. The highest BCUT2D eigenvalue weighted by atomic mass is 19.3. The number of carbonyl (C=O) groups is 1. The second-order valence-electron chi connectivity index (χ2n) is 6.19. The Bertz CT molecular complexity index is 800. The molecule has 0 aliphatic carbocycles. The van der Waals surface area contributed by atoms with Crippen molar-refractivity contribution in [3.63, 3.8) is 0 Å². The van der Waals surface area contributed by atoms with Gasteiger partial charge in [0.1, 0.15) is 12.4 Å². The molecule has 0 spiro atoms. The number of alkyl halides is 2. The molecule has 1 unspecified atom stereocenters. The fraction of sp³-hybridized carbons (Fsp3) is 0.316. The molecule has 2 aromatic carbocycles. The molecule has 8 heteroatoms. The normalized spacial score (nSPS) is 12.0. The monoisotopic (exact) mass is 383 g/mol. The first-order chi connectivity index (χ1) is 12.8. The summed E-state index contributed by atoms with van der Waals surface area (Å²) in [6.45, 7) is -0.688. The number of amides is 1. The molecule has 0 saturated heterocycles. The lowest BCUT2D eigenvalue weighted by atomic mass is 10.2. The van der Waals surface area contributed by atoms with Gasteiger partial charge in [0.25, 0.3) is 5.91 Å². The van der Waals surface area contributed by atoms with Gasteiger partial charge < -0.3 is 19.7 Å². The quantitative estimate of drug-likeness (QED) is 0.736. The zero-order valence-corrected chi connectivity index (χ0v) is 15.3. The summed E-state index contributed by atoms with van der Waals surface area (Å²) in [7, 11) is 3.17. The molecule has 27 heavy (non-hydrogen) atoms. The van der Waals surface area contributed by atoms with Crippen molar-refractivity contribution in [1.29, 1.82) is 0 Å². The SMILES string of the molecule is COc1cc(C[NH+](C)CC(=O)Nc2ccc(C)c(F)c2)ccc1OC(F)F. The Morgan fingerprint density at radius 3 is 2.56 bits per heavy atom. The maximum atomic E-state index is 13.5. The average Bonchev–Trinajstić information content (AvgIpc) is 2.58. The first-order valence-corrected chi connectivity index (χ1v) is 8.27. The van der Waals surface area contributed by atoms with E-state index in [0.717, 1.165) is 10.5 Å². The minimum absolute atomic E-state index is 0.0481. The Balaban J connectivity index is 1.95. The predicted octanol–water partition coefficient (Wildman–Crippen LogP) is 2.40. The summed E-state index contributed by atoms with van der Waals surface area (Å²) in [5.41, 5.74) is 1.69. The fourth-order valence-electron chi connectivity index (χ4n) is 2.58. The molecule has 146 valence electrons. The van der Waals surface area contributed by atoms with Crippen LogP contribution in [0.15, 0.2) is 36.4 Å². The molecule has 2 N–H and O–H groups in total. The van der Waals surface area contributed by atoms with Crippen LogP contribution in [0.1, 0.15) is 11.1 Å². The van der Waals surface area contributed by atoms with Gasteiger partial charge in [-0.1, -0.05) is 6.07 Å². The number of methoxy groups -OCH3 is 1. The van der Waals surface area contributed by atoms with Crippen molar-refractivity contribution in [2.45, 2.75) is 20.1 Å². The van der Waals surface area contributed by atoms with Gasteiger partial charge in [0.15, 0.2) is 18.0 Å². The molecule has 1 atom stereocenters. The second kappa shape index (κ2) is 9.27. The van der Waals surface area contributed by atoms with Crippen LogP contribution in [0, 0.1) is 12.7 Å². The Kier molecular flexibility index (Phi) is 7.06. The molecule has 0 radical (unpaired) electrons. The van der Waals surface area contributed by atoms with E-state index in [-0.39, 0.29) is 29.8 Å². The van der Waals surface area contributed by atoms with Crippen LogP contribution in [0.3, 0.4) is 0 Å². The van der Waals surface area contributed by atoms with Crippen LogP contribution in [-0.4, -0.2) is 33.2 Å². The highest BCUT2D eigenvalue weighted by Gasteiger charge is 2.15. The average molecular weight is 383 g/mol. The summed E-state index contributed by atoms with van der Waals surface area (Å²) >= 11 is 0. The summed E-state index contributed by atoms with van der Waals surface area (Å²) in [4.78, 5) is 13.0. The number of nitrogens with one attached hydrogen (secondary N) is 2. The van der Waals surface area contributed by atoms with Gasteiger partial charge in [-0.05, 0) is 42.8 Å². The molecule has 1 amide bonds. The van der Waals surface area contributed by atoms with Crippen molar-refractivity contribution in [3.05, 3.63) is 53.3 Å². The van der Waals surface area contributed by atoms with E-state index >= 15 is 0 Å². The lowest BCUT2D eigenvalue weighted by Gasteiger charge is -2.16. The largest absolute Gasteiger partial charge is 0.493 e. The molecule has 0 heterocycles. The van der Waals surface area contributed by atoms with E-state index in [0.29, 0.717) is 17.8 Å². The van der Waals surface area contributed by atoms with Crippen LogP contribution < -0.4 is 19.7 Å². The molecule has 5 nitrogen and oxygen atoms in total. The van der Waals surface area contributed by atoms with E-state index < -0.39 is 6.61 Å². The Morgan fingerprint density at radius 1 is 1.19 bits per heavy atom. The number of likely N-dealkylation sites (N-methyl/N-ethyl adjacent to an activating group) is 1. The third kappa shape index (κ3) is 6.18. The zero-order valence-electron chi connectivity index (χ0n) is 15.3. The fourth-order valence-corrected chi connectivity index (χ4v) is 2.58. The number of halogens is 3. The minimum atomic E-state index is -2.94. The first kappa shape index (κ1) is 20.6. The molecule has 0 saturated carbocycles. The molecule has 2 aromatic rings. The summed E-state index contributed by atoms with van der Waals surface area (Å²) in [6, 6.07) is 9.14. The topological polar surface area (TPSA) is 52.0 Å². The molecule has 0 aliphatic rings. The molecular weight excluding hydrogens is 361 g/mol. The number of quaternary nitrogens is 1. The number of carbonyl (C=O) groups excluding carboxylic acids is 1. The zero-order chi connectivity index (χ0) is 20.0. The van der Waals surface area contributed by atoms with Gasteiger partial charge in [-0.25, -0.2) is 4.39 Å². The number of hydrogen-bond acceptors (Lipinski definition) is 3. The maximum absolute atomic E-state index is 13.5. The van der Waals surface area contributed by atoms with E-state index in [1.165, 1.54) is 19.2 Å². The summed E-state index contributed by atoms with van der Waals surface area (Å²) < 4.78 is 47.7. The lowest BCUT2D eigenvalue weighted by Crippen LogP contribution is -3.08. The molecule has 0 aliphatic heterocycles. The standard InChI is InChI=1S/C19H21F3N2O3/c1-12-4-6-14(9-15(12)20)23-18(25)11-24(2)10-13-5-7-16(27-19(21)22)17(8-13)26-3/h4-9,19H,10-11H2,1-3H3,(H,23,25)/p+1. The molecular formula is C19H22F3N2O3+. The smallest absolute Gasteiger partial charge is 0.387 e. The van der Waals surface area contributed by atoms with E-state index in [9.17, 15) is 18.0 Å². The Hall–Kier alpha value is -2.74. The first-order valence-electron chi connectivity index (χ1n) is 8.27. The van der Waals surface area contributed by atoms with Crippen LogP contribution in [0.25, 0.3) is 0 Å². The van der Waals surface area contributed by atoms with E-state index in [1.807, 2.05) is 7.05 Å². The predicted molar refractivity (Wildman–Crippen MR) is 94.9 cm³/mol. The van der Waals surface area contributed by atoms with Crippen LogP contribution in [-0.2, 0) is 11.3 Å². The molecule has 0 aromatic heterocycles. The lowest BCUT2D eigenvalue weighted by molar-refractivity contribution is -0.885. The number of anilines is 1. The van der Waals surface area contributed by atoms with Crippen molar-refractivity contribution in [3.8, 4) is 11.5 Å². The number of ether oxygens (including phenoxy) is 2. The van der Waals surface area contributed by atoms with E-state index in [1.54, 1.807) is 31.2 Å². The number of rotatable bonds is 8. The third-order valence-corrected chi connectivity index (χ3v) is 3.87. The van der Waals surface area contributed by atoms with Gasteiger partial charge in [0.05, 0.1) is 14.2 Å². The van der Waals surface area contributed by atoms with Crippen molar-refractivity contribution in [2.75, 3.05) is 26.0 Å². The second-order valence-corrected chi connectivity index (χ2v) is 6.19. The van der Waals surface area contributed by atoms with Crippen LogP contribution in [0.2, 0.25) is 0 Å². The number of aryl methyl sites for hydroxylation is 1. The van der Waals surface area contributed by atoms with Crippen LogP contribution in [0.4, 0.5) is 18.9 Å². The summed E-state index contributed by atoms with van der Waals surface area (Å²) in [6.07, 6.45) is 0. The van der Waals surface area contributed by atoms with Crippen molar-refractivity contribution in [2.24, 2.45) is 0 Å². The minimum Gasteiger partial charge on any atom is -0.493 e. The summed E-state index contributed by atoms with van der Waals surface area (Å²) in [5.74, 6) is -0.500. The number of benzene rings is 2. The van der Waals surface area contributed by atoms with Crippen LogP contribution >= 0.6 is 0 Å². The van der Waals surface area contributed by atoms with Gasteiger partial charge >= 0.3 is 6.61 Å². The Morgan fingerprint density at radius 2 is 1.93 bits per heavy atom. The van der Waals surface area contributed by atoms with Gasteiger partial charge in [-0.15, -0.1) is 0 Å². The summed E-state index contributed by atoms with van der Waals surface area (Å²) in [5, 5.41) is 2.65. The van der Waals surface area contributed by atoms with E-state index in [4.69, 9.17) is 4.74 Å². The van der Waals surface area contributed by atoms with E-state index in [2.05, 4.69) is 10.1 Å². The van der Waals surface area contributed by atoms with Gasteiger partial charge in [0, 0.05) is 11.3 Å². The highest BCUT2D eigenvalue weighted by Crippen LogP contribution is 2.29. The van der Waals surface area contributed by atoms with Crippen molar-refractivity contribution >= 4 is 11.6 Å². The van der Waals surface area contributed by atoms with Crippen LogP contribution in [0.5, 0.6) is 11.5 Å². The maximum Gasteiger partial charge on any atom is 0.387 e. The highest BCUT2D eigenvalue weighted by molar-refractivity contribution is 5.91. The van der Waals surface area contributed by atoms with Crippen molar-refractivity contribution < 1.29 is 32.3 Å². The molecule has 0 fully saturated rings. The van der Waals surface area contributed by atoms with Gasteiger partial charge in [-0.2, -0.15) is 8.78 Å².